The minimum atomic E-state index is -0.607. The lowest BCUT2D eigenvalue weighted by molar-refractivity contribution is -0.253. The number of nitrogens with one attached hydrogen (secondary N) is 1. The summed E-state index contributed by atoms with van der Waals surface area (Å²) in [5.41, 5.74) is 0.387. The van der Waals surface area contributed by atoms with Crippen molar-refractivity contribution in [3.05, 3.63) is 24.3 Å². The molecule has 2 heterocycles. The summed E-state index contributed by atoms with van der Waals surface area (Å²) in [6.45, 7) is 25.1. The first-order chi connectivity index (χ1) is 21.9. The van der Waals surface area contributed by atoms with E-state index >= 15 is 0 Å². The first-order valence-corrected chi connectivity index (χ1v) is 18.6. The summed E-state index contributed by atoms with van der Waals surface area (Å²) in [7, 11) is 2.03. The van der Waals surface area contributed by atoms with Crippen LogP contribution in [0.5, 0.6) is 0 Å². The lowest BCUT2D eigenvalue weighted by atomic mass is 9.34. The highest BCUT2D eigenvalue weighted by Crippen LogP contribution is 2.75. The smallest absolute Gasteiger partial charge is 0.307 e. The van der Waals surface area contributed by atoms with E-state index in [-0.39, 0.29) is 50.7 Å². The maximum atomic E-state index is 13.4. The molecular weight excluding hydrogens is 588 g/mol. The van der Waals surface area contributed by atoms with Gasteiger partial charge in [0.15, 0.2) is 0 Å². The summed E-state index contributed by atoms with van der Waals surface area (Å²) in [6.07, 6.45) is 11.9. The second-order valence-corrected chi connectivity index (χ2v) is 18.5. The summed E-state index contributed by atoms with van der Waals surface area (Å²) in [6, 6.07) is 0.0324. The van der Waals surface area contributed by atoms with Crippen LogP contribution < -0.4 is 5.32 Å². The van der Waals surface area contributed by atoms with Gasteiger partial charge in [-0.25, -0.2) is 9.67 Å². The fraction of sp³-hybridized carbons (Fsp3) is 0.872. The van der Waals surface area contributed by atoms with Crippen molar-refractivity contribution in [3.63, 3.8) is 0 Å². The molecule has 1 aromatic rings. The number of likely N-dealkylation sites (N-methyl/N-ethyl adjacent to an activating group) is 1. The highest BCUT2D eigenvalue weighted by atomic mass is 16.5. The Kier molecular flexibility index (Phi) is 8.69. The van der Waals surface area contributed by atoms with Crippen molar-refractivity contribution in [2.75, 3.05) is 26.9 Å². The van der Waals surface area contributed by atoms with Crippen molar-refractivity contribution in [2.45, 2.75) is 125 Å². The first-order valence-electron chi connectivity index (χ1n) is 18.6. The fourth-order valence-electron chi connectivity index (χ4n) is 12.3. The fourth-order valence-corrected chi connectivity index (χ4v) is 12.3. The number of aliphatic carboxylic acids is 1. The van der Waals surface area contributed by atoms with Gasteiger partial charge in [-0.3, -0.25) is 4.79 Å². The summed E-state index contributed by atoms with van der Waals surface area (Å²) < 4.78 is 15.9. The van der Waals surface area contributed by atoms with Crippen LogP contribution in [-0.2, 0) is 14.3 Å². The molecule has 2 N–H and O–H groups in total. The molecular formula is C39H64N4O4. The molecule has 6 rings (SSSR count). The van der Waals surface area contributed by atoms with Crippen LogP contribution in [0, 0.1) is 62.6 Å². The highest BCUT2D eigenvalue weighted by Gasteiger charge is 2.72. The monoisotopic (exact) mass is 652 g/mol. The molecule has 2 bridgehead atoms. The zero-order valence-electron chi connectivity index (χ0n) is 31.2. The molecule has 8 heteroatoms. The number of allylic oxidation sites excluding steroid dienone is 1. The average molecular weight is 653 g/mol. The lowest BCUT2D eigenvalue weighted by Crippen LogP contribution is -2.69. The average Bonchev–Trinajstić information content (AvgIpc) is 3.55. The summed E-state index contributed by atoms with van der Waals surface area (Å²) in [4.78, 5) is 17.8. The molecule has 1 unspecified atom stereocenters. The zero-order valence-corrected chi connectivity index (χ0v) is 31.2. The van der Waals surface area contributed by atoms with Crippen LogP contribution in [-0.4, -0.2) is 64.4 Å². The van der Waals surface area contributed by atoms with Gasteiger partial charge in [0, 0.05) is 16.4 Å². The van der Waals surface area contributed by atoms with E-state index < -0.39 is 5.97 Å². The molecule has 0 aromatic carbocycles. The predicted molar refractivity (Wildman–Crippen MR) is 185 cm³/mol. The SMILES string of the molecule is CN[C@](C)(CO[C@H]1[C@H](n2cncn2)C[C@@]23COCC1(C)[C@@H]2CC[C@H]1C3=CC[C@@]2(C)[C@H](C(=O)O)[C@@](C)([C@H](C)C(C)C)CC[C@]12C)C(C)C. The normalized spacial score (nSPS) is 45.0. The molecule has 4 aliphatic carbocycles. The highest BCUT2D eigenvalue weighted by molar-refractivity contribution is 5.73. The van der Waals surface area contributed by atoms with Gasteiger partial charge in [-0.05, 0) is 98.3 Å². The number of hydrogen-bond acceptors (Lipinski definition) is 6. The molecule has 47 heavy (non-hydrogen) atoms. The molecule has 1 saturated heterocycles. The number of ether oxygens (including phenoxy) is 2. The van der Waals surface area contributed by atoms with Crippen molar-refractivity contribution >= 4 is 5.97 Å². The Bertz CT molecular complexity index is 1360. The minimum Gasteiger partial charge on any atom is -0.481 e. The Morgan fingerprint density at radius 3 is 2.45 bits per heavy atom. The lowest BCUT2D eigenvalue weighted by Gasteiger charge is -2.71. The molecule has 264 valence electrons. The Hall–Kier alpha value is -1.77. The molecule has 12 atom stereocenters. The first kappa shape index (κ1) is 35.1. The molecule has 8 nitrogen and oxygen atoms in total. The van der Waals surface area contributed by atoms with Crippen LogP contribution >= 0.6 is 0 Å². The van der Waals surface area contributed by atoms with Gasteiger partial charge in [0.05, 0.1) is 37.9 Å². The second kappa shape index (κ2) is 11.7. The number of carbonyl (C=O) groups is 1. The van der Waals surface area contributed by atoms with Gasteiger partial charge in [-0.1, -0.05) is 74.0 Å². The maximum absolute atomic E-state index is 13.4. The Morgan fingerprint density at radius 1 is 1.13 bits per heavy atom. The third-order valence-corrected chi connectivity index (χ3v) is 16.3. The summed E-state index contributed by atoms with van der Waals surface area (Å²) >= 11 is 0. The van der Waals surface area contributed by atoms with Gasteiger partial charge in [-0.2, -0.15) is 5.10 Å². The van der Waals surface area contributed by atoms with Crippen LogP contribution in [0.3, 0.4) is 0 Å². The second-order valence-electron chi connectivity index (χ2n) is 18.5. The van der Waals surface area contributed by atoms with Crippen molar-refractivity contribution in [1.82, 2.24) is 20.1 Å². The van der Waals surface area contributed by atoms with Crippen LogP contribution in [0.4, 0.5) is 0 Å². The number of aromatic nitrogens is 3. The zero-order chi connectivity index (χ0) is 34.4. The Balaban J connectivity index is 1.43. The van der Waals surface area contributed by atoms with E-state index in [4.69, 9.17) is 14.6 Å². The molecule has 1 aliphatic heterocycles. The number of hydrogen-bond donors (Lipinski definition) is 2. The van der Waals surface area contributed by atoms with Gasteiger partial charge in [0.25, 0.3) is 0 Å². The molecule has 5 aliphatic rings. The van der Waals surface area contributed by atoms with Gasteiger partial charge < -0.3 is 19.9 Å². The van der Waals surface area contributed by atoms with Crippen molar-refractivity contribution in [2.24, 2.45) is 62.6 Å². The van der Waals surface area contributed by atoms with E-state index in [9.17, 15) is 9.90 Å². The molecule has 0 amide bonds. The van der Waals surface area contributed by atoms with Crippen molar-refractivity contribution in [3.8, 4) is 0 Å². The number of carboxylic acid groups (broad SMARTS) is 1. The standard InChI is InChI=1S/C39H64N4O4/c1-24(2)26(5)34(6)16-17-36(8)27-12-13-30-35(7)19-46-21-39(30,28(27)14-15-37(36,9)31(34)33(44)45)18-29(43-23-41-22-42-43)32(35)47-20-38(10,40-11)25(3)4/h14,22-27,29-32,40H,12-13,15-21H2,1-11H3,(H,44,45)/t26-,27+,29-,30+,31-,32+,34-,35?,36-,37+,38-,39+/m1/s1. The van der Waals surface area contributed by atoms with Crippen LogP contribution in [0.2, 0.25) is 0 Å². The molecule has 4 fully saturated rings. The van der Waals surface area contributed by atoms with Gasteiger partial charge in [0.1, 0.15) is 12.7 Å². The number of rotatable bonds is 9. The third-order valence-electron chi connectivity index (χ3n) is 16.3. The van der Waals surface area contributed by atoms with E-state index in [1.165, 1.54) is 0 Å². The Morgan fingerprint density at radius 2 is 1.85 bits per heavy atom. The van der Waals surface area contributed by atoms with Gasteiger partial charge >= 0.3 is 5.97 Å². The topological polar surface area (TPSA) is 98.5 Å². The number of fused-ring (bicyclic) bond motifs is 3. The third kappa shape index (κ3) is 4.80. The Labute approximate surface area is 284 Å². The van der Waals surface area contributed by atoms with E-state index in [1.54, 1.807) is 11.9 Å². The van der Waals surface area contributed by atoms with Crippen molar-refractivity contribution in [1.29, 1.82) is 0 Å². The molecule has 0 radical (unpaired) electrons. The van der Waals surface area contributed by atoms with Gasteiger partial charge in [-0.15, -0.1) is 0 Å². The van der Waals surface area contributed by atoms with Gasteiger partial charge in [0.2, 0.25) is 0 Å². The van der Waals surface area contributed by atoms with E-state index in [2.05, 4.69) is 90.3 Å². The summed E-state index contributed by atoms with van der Waals surface area (Å²) in [5.74, 6) is 0.945. The summed E-state index contributed by atoms with van der Waals surface area (Å²) in [5, 5.41) is 19.3. The molecule has 1 aromatic heterocycles. The van der Waals surface area contributed by atoms with Crippen LogP contribution in [0.25, 0.3) is 0 Å². The minimum absolute atomic E-state index is 0.0324. The van der Waals surface area contributed by atoms with Crippen LogP contribution in [0.1, 0.15) is 114 Å². The van der Waals surface area contributed by atoms with Crippen LogP contribution in [0.15, 0.2) is 24.3 Å². The predicted octanol–water partition coefficient (Wildman–Crippen LogP) is 7.43. The quantitative estimate of drug-likeness (QED) is 0.268. The number of nitrogens with zero attached hydrogens (tertiary/aromatic N) is 3. The molecule has 3 saturated carbocycles. The van der Waals surface area contributed by atoms with E-state index in [0.717, 1.165) is 38.5 Å². The molecule has 0 spiro atoms. The largest absolute Gasteiger partial charge is 0.481 e. The van der Waals surface area contributed by atoms with E-state index in [1.807, 2.05) is 13.4 Å². The van der Waals surface area contributed by atoms with Crippen molar-refractivity contribution < 1.29 is 19.4 Å². The van der Waals surface area contributed by atoms with E-state index in [0.29, 0.717) is 49.4 Å². The number of carboxylic acids is 1. The maximum Gasteiger partial charge on any atom is 0.307 e.